The maximum absolute atomic E-state index is 13.8. The summed E-state index contributed by atoms with van der Waals surface area (Å²) in [7, 11) is -3.96. The molecule has 3 heterocycles. The van der Waals surface area contributed by atoms with Crippen LogP contribution in [0, 0.1) is 17.8 Å². The van der Waals surface area contributed by atoms with E-state index in [0.29, 0.717) is 63.5 Å². The molecule has 8 nitrogen and oxygen atoms in total. The van der Waals surface area contributed by atoms with E-state index in [1.54, 1.807) is 12.1 Å². The van der Waals surface area contributed by atoms with Crippen LogP contribution in [0.3, 0.4) is 0 Å². The third-order valence-corrected chi connectivity index (χ3v) is 13.3. The van der Waals surface area contributed by atoms with Gasteiger partial charge in [-0.2, -0.15) is 0 Å². The number of nitrogens with zero attached hydrogens (tertiary/aromatic N) is 1. The molecule has 0 unspecified atom stereocenters. The second-order valence-electron chi connectivity index (χ2n) is 14.2. The summed E-state index contributed by atoms with van der Waals surface area (Å²) in [6, 6.07) is 11.5. The van der Waals surface area contributed by atoms with Gasteiger partial charge in [-0.1, -0.05) is 29.8 Å². The summed E-state index contributed by atoms with van der Waals surface area (Å²) in [6.45, 7) is 3.17. The van der Waals surface area contributed by atoms with E-state index in [1.807, 2.05) is 24.3 Å². The second-order valence-corrected chi connectivity index (χ2v) is 16.6. The van der Waals surface area contributed by atoms with E-state index in [4.69, 9.17) is 21.1 Å². The molecule has 1 spiro atoms. The number of amides is 1. The van der Waals surface area contributed by atoms with Crippen LogP contribution >= 0.6 is 11.6 Å². The molecule has 2 bridgehead atoms. The number of nitrogens with one attached hydrogen (secondary N) is 1. The molecule has 0 aromatic heterocycles. The fourth-order valence-corrected chi connectivity index (χ4v) is 10.2. The zero-order chi connectivity index (χ0) is 31.9. The van der Waals surface area contributed by atoms with Gasteiger partial charge in [0.25, 0.3) is 5.91 Å². The molecule has 2 aliphatic carbocycles. The van der Waals surface area contributed by atoms with Gasteiger partial charge in [-0.3, -0.25) is 4.79 Å². The van der Waals surface area contributed by atoms with E-state index in [0.717, 1.165) is 55.7 Å². The molecule has 1 amide bonds. The van der Waals surface area contributed by atoms with Crippen LogP contribution in [0.5, 0.6) is 5.75 Å². The number of aliphatic hydroxyl groups is 1. The number of halogens is 1. The molecule has 46 heavy (non-hydrogen) atoms. The van der Waals surface area contributed by atoms with Gasteiger partial charge in [-0.25, -0.2) is 13.1 Å². The molecule has 2 fully saturated rings. The molecule has 5 aliphatic rings. The third-order valence-electron chi connectivity index (χ3n) is 11.3. The number of carbonyl (C=O) groups is 1. The van der Waals surface area contributed by atoms with Gasteiger partial charge >= 0.3 is 0 Å². The average molecular weight is 669 g/mol. The van der Waals surface area contributed by atoms with Gasteiger partial charge in [-0.05, 0) is 123 Å². The van der Waals surface area contributed by atoms with Gasteiger partial charge in [0, 0.05) is 42.3 Å². The van der Waals surface area contributed by atoms with Crippen molar-refractivity contribution in [3.05, 3.63) is 70.3 Å². The highest BCUT2D eigenvalue weighted by atomic mass is 35.5. The van der Waals surface area contributed by atoms with Crippen LogP contribution in [0.15, 0.2) is 48.6 Å². The molecule has 2 N–H and O–H groups in total. The Morgan fingerprint density at radius 2 is 1.91 bits per heavy atom. The molecule has 1 saturated heterocycles. The molecule has 10 heteroatoms. The van der Waals surface area contributed by atoms with Crippen molar-refractivity contribution in [3.8, 4) is 5.75 Å². The van der Waals surface area contributed by atoms with E-state index >= 15 is 0 Å². The second kappa shape index (κ2) is 13.1. The fraction of sp³-hybridized carbons (Fsp3) is 0.583. The van der Waals surface area contributed by atoms with Crippen molar-refractivity contribution in [1.82, 2.24) is 4.72 Å². The number of fused-ring (bicyclic) bond motifs is 4. The number of hydrogen-bond donors (Lipinski definition) is 2. The van der Waals surface area contributed by atoms with Crippen LogP contribution in [-0.4, -0.2) is 63.7 Å². The SMILES string of the molecule is O=C1NS(=O)(=O)[C@@H](CC2CCOCC2)CC/C=C/[C@H](O)[C@@H]2CC[C@H]2CN2C[C@@]3(CCCc4cc(Cl)ccc43)COc3ccc1cc32. The lowest BCUT2D eigenvalue weighted by atomic mass is 9.68. The van der Waals surface area contributed by atoms with Crippen LogP contribution in [0.2, 0.25) is 5.02 Å². The van der Waals surface area contributed by atoms with E-state index in [2.05, 4.69) is 21.8 Å². The predicted molar refractivity (Wildman–Crippen MR) is 179 cm³/mol. The smallest absolute Gasteiger partial charge is 0.264 e. The highest BCUT2D eigenvalue weighted by Gasteiger charge is 2.44. The standard InChI is InChI=1S/C36H45ClN2O6S/c37-28-9-11-31-25(19-28)4-3-15-36(31)22-39-21-27-7-10-30(27)33(40)6-2-1-5-29(18-24-13-16-44-17-14-24)46(42,43)38-35(41)26-8-12-34(45-23-36)32(39)20-26/h2,6,8-9,11-12,19-20,24,27,29-30,33,40H,1,3-5,7,10,13-18,21-23H2,(H,38,41)/b6-2+/t27-,29+,30+,33-,36-/m0/s1. The van der Waals surface area contributed by atoms with Crippen molar-refractivity contribution < 1.29 is 27.8 Å². The van der Waals surface area contributed by atoms with Crippen LogP contribution in [0.4, 0.5) is 5.69 Å². The Labute approximate surface area is 277 Å². The number of ether oxygens (including phenoxy) is 2. The van der Waals surface area contributed by atoms with Crippen molar-refractivity contribution in [2.45, 2.75) is 81.0 Å². The van der Waals surface area contributed by atoms with Crippen molar-refractivity contribution in [3.63, 3.8) is 0 Å². The number of aliphatic hydroxyl groups excluding tert-OH is 1. The third kappa shape index (κ3) is 6.45. The lowest BCUT2D eigenvalue weighted by Gasteiger charge is -2.45. The quantitative estimate of drug-likeness (QED) is 0.390. The fourth-order valence-electron chi connectivity index (χ4n) is 8.50. The number of sulfonamides is 1. The van der Waals surface area contributed by atoms with Gasteiger partial charge in [0.15, 0.2) is 0 Å². The number of allylic oxidation sites excluding steroid dienone is 1. The van der Waals surface area contributed by atoms with E-state index in [-0.39, 0.29) is 23.2 Å². The minimum Gasteiger partial charge on any atom is -0.490 e. The van der Waals surface area contributed by atoms with Gasteiger partial charge in [0.2, 0.25) is 10.0 Å². The first-order valence-electron chi connectivity index (χ1n) is 17.0. The number of carbonyl (C=O) groups excluding carboxylic acids is 1. The monoisotopic (exact) mass is 668 g/mol. The summed E-state index contributed by atoms with van der Waals surface area (Å²) in [6.07, 6.45) is 11.2. The number of rotatable bonds is 2. The topological polar surface area (TPSA) is 105 Å². The summed E-state index contributed by atoms with van der Waals surface area (Å²) in [5.41, 5.74) is 3.34. The highest BCUT2D eigenvalue weighted by molar-refractivity contribution is 7.90. The Bertz CT molecular complexity index is 1590. The molecule has 2 aromatic carbocycles. The summed E-state index contributed by atoms with van der Waals surface area (Å²) in [4.78, 5) is 16.0. The lowest BCUT2D eigenvalue weighted by molar-refractivity contribution is 0.0456. The van der Waals surface area contributed by atoms with Crippen molar-refractivity contribution in [2.75, 3.05) is 37.8 Å². The Morgan fingerprint density at radius 1 is 1.07 bits per heavy atom. The van der Waals surface area contributed by atoms with Gasteiger partial charge in [0.05, 0.1) is 23.6 Å². The average Bonchev–Trinajstić information content (AvgIpc) is 3.17. The first-order valence-corrected chi connectivity index (χ1v) is 18.9. The maximum Gasteiger partial charge on any atom is 0.264 e. The van der Waals surface area contributed by atoms with Crippen LogP contribution in [-0.2, 0) is 26.6 Å². The minimum atomic E-state index is -3.96. The first-order chi connectivity index (χ1) is 22.2. The number of anilines is 1. The molecule has 3 aliphatic heterocycles. The summed E-state index contributed by atoms with van der Waals surface area (Å²) >= 11 is 6.41. The van der Waals surface area contributed by atoms with Gasteiger partial charge in [0.1, 0.15) is 5.75 Å². The Balaban J connectivity index is 1.25. The van der Waals surface area contributed by atoms with Crippen LogP contribution in [0.25, 0.3) is 0 Å². The number of aryl methyl sites for hydroxylation is 1. The van der Waals surface area contributed by atoms with Gasteiger partial charge < -0.3 is 19.5 Å². The lowest BCUT2D eigenvalue weighted by Crippen LogP contribution is -2.49. The Hall–Kier alpha value is -2.59. The van der Waals surface area contributed by atoms with Gasteiger partial charge in [-0.15, -0.1) is 0 Å². The van der Waals surface area contributed by atoms with Crippen LogP contribution < -0.4 is 14.4 Å². The summed E-state index contributed by atoms with van der Waals surface area (Å²) < 4.78 is 42.0. The van der Waals surface area contributed by atoms with Crippen molar-refractivity contribution in [2.24, 2.45) is 17.8 Å². The highest BCUT2D eigenvalue weighted by Crippen LogP contribution is 2.47. The summed E-state index contributed by atoms with van der Waals surface area (Å²) in [5.74, 6) is 0.706. The van der Waals surface area contributed by atoms with Crippen LogP contribution in [0.1, 0.15) is 79.3 Å². The zero-order valence-corrected chi connectivity index (χ0v) is 27.9. The zero-order valence-electron chi connectivity index (χ0n) is 26.3. The van der Waals surface area contributed by atoms with E-state index < -0.39 is 27.3 Å². The predicted octanol–water partition coefficient (Wildman–Crippen LogP) is 5.80. The van der Waals surface area contributed by atoms with E-state index in [1.165, 1.54) is 11.1 Å². The normalized spacial score (nSPS) is 32.2. The first kappa shape index (κ1) is 32.0. The minimum absolute atomic E-state index is 0.124. The molecule has 1 saturated carbocycles. The Morgan fingerprint density at radius 3 is 2.72 bits per heavy atom. The molecule has 248 valence electrons. The van der Waals surface area contributed by atoms with Crippen molar-refractivity contribution in [1.29, 1.82) is 0 Å². The number of benzene rings is 2. The molecule has 2 aromatic rings. The number of hydrogen-bond acceptors (Lipinski definition) is 7. The molecular formula is C36H45ClN2O6S. The summed E-state index contributed by atoms with van der Waals surface area (Å²) in [5, 5.41) is 11.3. The van der Waals surface area contributed by atoms with E-state index in [9.17, 15) is 18.3 Å². The molecule has 0 radical (unpaired) electrons. The molecule has 5 atom stereocenters. The molecule has 7 rings (SSSR count). The molecular weight excluding hydrogens is 624 g/mol. The maximum atomic E-state index is 13.8. The van der Waals surface area contributed by atoms with Crippen molar-refractivity contribution >= 4 is 33.2 Å². The Kier molecular flexibility index (Phi) is 9.13. The largest absolute Gasteiger partial charge is 0.490 e.